The van der Waals surface area contributed by atoms with Crippen molar-refractivity contribution in [1.29, 1.82) is 0 Å². The van der Waals surface area contributed by atoms with Crippen LogP contribution in [-0.2, 0) is 0 Å². The number of benzene rings is 1. The molecule has 1 heterocycles. The molecule has 2 rings (SSSR count). The molecule has 2 N–H and O–H groups in total. The Morgan fingerprint density at radius 1 is 1.35 bits per heavy atom. The summed E-state index contributed by atoms with van der Waals surface area (Å²) in [5.74, 6) is -0.430. The summed E-state index contributed by atoms with van der Waals surface area (Å²) in [4.78, 5) is 30.9. The first-order chi connectivity index (χ1) is 9.42. The summed E-state index contributed by atoms with van der Waals surface area (Å²) >= 11 is 0. The van der Waals surface area contributed by atoms with E-state index in [9.17, 15) is 9.59 Å². The number of carbonyl (C=O) groups excluding carboxylic acids is 1. The van der Waals surface area contributed by atoms with E-state index in [1.165, 1.54) is 0 Å². The Balaban J connectivity index is 2.50. The molecule has 0 saturated heterocycles. The number of H-pyrrole nitrogens is 1. The molecule has 0 bridgehead atoms. The molecule has 1 amide bonds. The van der Waals surface area contributed by atoms with Gasteiger partial charge in [-0.15, -0.1) is 0 Å². The maximum atomic E-state index is 12.0. The van der Waals surface area contributed by atoms with Gasteiger partial charge in [0.25, 0.3) is 11.5 Å². The highest BCUT2D eigenvalue weighted by molar-refractivity contribution is 5.93. The first-order valence-corrected chi connectivity index (χ1v) is 6.74. The molecule has 20 heavy (non-hydrogen) atoms. The van der Waals surface area contributed by atoms with Gasteiger partial charge in [0.15, 0.2) is 5.69 Å². The molecule has 0 aliphatic heterocycles. The van der Waals surface area contributed by atoms with Gasteiger partial charge in [0.2, 0.25) is 0 Å². The molecule has 0 aliphatic carbocycles. The van der Waals surface area contributed by atoms with Gasteiger partial charge < -0.3 is 10.3 Å². The molecular formula is C15H19N3O2. The highest BCUT2D eigenvalue weighted by Gasteiger charge is 2.15. The zero-order chi connectivity index (χ0) is 14.9. The van der Waals surface area contributed by atoms with Crippen molar-refractivity contribution in [3.63, 3.8) is 0 Å². The van der Waals surface area contributed by atoms with Crippen LogP contribution in [0.1, 0.15) is 41.9 Å². The van der Waals surface area contributed by atoms with E-state index in [1.807, 2.05) is 39.8 Å². The van der Waals surface area contributed by atoms with Crippen molar-refractivity contribution >= 4 is 16.9 Å². The minimum Gasteiger partial charge on any atom is -0.348 e. The van der Waals surface area contributed by atoms with Crippen molar-refractivity contribution in [2.24, 2.45) is 0 Å². The van der Waals surface area contributed by atoms with Crippen molar-refractivity contribution in [1.82, 2.24) is 15.3 Å². The van der Waals surface area contributed by atoms with Gasteiger partial charge in [0.1, 0.15) is 0 Å². The lowest BCUT2D eigenvalue weighted by atomic mass is 10.1. The Labute approximate surface area is 117 Å². The third kappa shape index (κ3) is 2.71. The third-order valence-electron chi connectivity index (χ3n) is 3.51. The van der Waals surface area contributed by atoms with Crippen LogP contribution in [0.3, 0.4) is 0 Å². The van der Waals surface area contributed by atoms with Crippen molar-refractivity contribution in [2.45, 2.75) is 40.2 Å². The van der Waals surface area contributed by atoms with Gasteiger partial charge in [-0.05, 0) is 50.5 Å². The molecule has 2 aromatic rings. The van der Waals surface area contributed by atoms with Crippen molar-refractivity contribution in [2.75, 3.05) is 0 Å². The Hall–Kier alpha value is -2.17. The second-order valence-corrected chi connectivity index (χ2v) is 5.15. The van der Waals surface area contributed by atoms with Crippen LogP contribution in [0.25, 0.3) is 11.0 Å². The van der Waals surface area contributed by atoms with E-state index in [-0.39, 0.29) is 11.7 Å². The summed E-state index contributed by atoms with van der Waals surface area (Å²) in [6, 6.07) is 3.76. The van der Waals surface area contributed by atoms with Gasteiger partial charge >= 0.3 is 0 Å². The highest BCUT2D eigenvalue weighted by Crippen LogP contribution is 2.14. The van der Waals surface area contributed by atoms with Crippen LogP contribution in [0, 0.1) is 13.8 Å². The molecule has 0 radical (unpaired) electrons. The van der Waals surface area contributed by atoms with Crippen LogP contribution < -0.4 is 10.9 Å². The number of nitrogens with zero attached hydrogens (tertiary/aromatic N) is 1. The van der Waals surface area contributed by atoms with Crippen LogP contribution in [-0.4, -0.2) is 21.9 Å². The quantitative estimate of drug-likeness (QED) is 0.899. The average Bonchev–Trinajstić information content (AvgIpc) is 2.39. The first kappa shape index (κ1) is 14.2. The molecule has 1 atom stereocenters. The highest BCUT2D eigenvalue weighted by atomic mass is 16.2. The lowest BCUT2D eigenvalue weighted by Gasteiger charge is -2.11. The molecule has 0 fully saturated rings. The number of hydrogen-bond acceptors (Lipinski definition) is 3. The summed E-state index contributed by atoms with van der Waals surface area (Å²) in [6.45, 7) is 7.80. The minimum absolute atomic E-state index is 0.0131. The number of nitrogens with one attached hydrogen (secondary N) is 2. The minimum atomic E-state index is -0.457. The van der Waals surface area contributed by atoms with Crippen molar-refractivity contribution in [3.05, 3.63) is 39.3 Å². The van der Waals surface area contributed by atoms with Crippen LogP contribution in [0.4, 0.5) is 0 Å². The maximum Gasteiger partial charge on any atom is 0.280 e. The monoisotopic (exact) mass is 273 g/mol. The topological polar surface area (TPSA) is 74.8 Å². The second kappa shape index (κ2) is 5.45. The Kier molecular flexibility index (Phi) is 3.88. The molecule has 5 heteroatoms. The van der Waals surface area contributed by atoms with Gasteiger partial charge in [-0.25, -0.2) is 4.98 Å². The Morgan fingerprint density at radius 2 is 2.00 bits per heavy atom. The van der Waals surface area contributed by atoms with Crippen LogP contribution in [0.5, 0.6) is 0 Å². The maximum absolute atomic E-state index is 12.0. The normalized spacial score (nSPS) is 12.4. The molecular weight excluding hydrogens is 254 g/mol. The van der Waals surface area contributed by atoms with Gasteiger partial charge in [0.05, 0.1) is 11.0 Å². The molecule has 0 saturated carbocycles. The van der Waals surface area contributed by atoms with Crippen LogP contribution in [0.2, 0.25) is 0 Å². The van der Waals surface area contributed by atoms with Crippen LogP contribution in [0.15, 0.2) is 16.9 Å². The van der Waals surface area contributed by atoms with Crippen molar-refractivity contribution in [3.8, 4) is 0 Å². The van der Waals surface area contributed by atoms with E-state index in [0.717, 1.165) is 17.5 Å². The second-order valence-electron chi connectivity index (χ2n) is 5.15. The number of amides is 1. The summed E-state index contributed by atoms with van der Waals surface area (Å²) in [5.41, 5.74) is 2.89. The van der Waals surface area contributed by atoms with Gasteiger partial charge in [0, 0.05) is 6.04 Å². The molecule has 0 unspecified atom stereocenters. The molecule has 1 aromatic heterocycles. The summed E-state index contributed by atoms with van der Waals surface area (Å²) in [5, 5.41) is 2.76. The number of rotatable bonds is 3. The molecule has 1 aromatic carbocycles. The lowest BCUT2D eigenvalue weighted by Crippen LogP contribution is -2.36. The SMILES string of the molecule is CC[C@@H](C)NC(=O)c1nc2cc(C)c(C)cc2[nH]c1=O. The fourth-order valence-corrected chi connectivity index (χ4v) is 1.89. The van der Waals surface area contributed by atoms with E-state index in [0.29, 0.717) is 11.0 Å². The number of aryl methyl sites for hydroxylation is 2. The molecule has 106 valence electrons. The number of aromatic amines is 1. The summed E-state index contributed by atoms with van der Waals surface area (Å²) < 4.78 is 0. The third-order valence-corrected chi connectivity index (χ3v) is 3.51. The Morgan fingerprint density at radius 3 is 2.65 bits per heavy atom. The lowest BCUT2D eigenvalue weighted by molar-refractivity contribution is 0.0933. The van der Waals surface area contributed by atoms with Gasteiger partial charge in [-0.2, -0.15) is 0 Å². The fourth-order valence-electron chi connectivity index (χ4n) is 1.89. The number of aromatic nitrogens is 2. The van der Waals surface area contributed by atoms with E-state index in [4.69, 9.17) is 0 Å². The molecule has 5 nitrogen and oxygen atoms in total. The Bertz CT molecular complexity index is 719. The predicted octanol–water partition coefficient (Wildman–Crippen LogP) is 2.07. The molecule has 0 spiro atoms. The largest absolute Gasteiger partial charge is 0.348 e. The average molecular weight is 273 g/mol. The van der Waals surface area contributed by atoms with E-state index < -0.39 is 11.5 Å². The fraction of sp³-hybridized carbons (Fsp3) is 0.400. The smallest absolute Gasteiger partial charge is 0.280 e. The summed E-state index contributed by atoms with van der Waals surface area (Å²) in [7, 11) is 0. The summed E-state index contributed by atoms with van der Waals surface area (Å²) in [6.07, 6.45) is 0.801. The van der Waals surface area contributed by atoms with Crippen LogP contribution >= 0.6 is 0 Å². The molecule has 0 aliphatic rings. The van der Waals surface area contributed by atoms with Gasteiger partial charge in [-0.3, -0.25) is 9.59 Å². The van der Waals surface area contributed by atoms with E-state index in [1.54, 1.807) is 0 Å². The van der Waals surface area contributed by atoms with E-state index in [2.05, 4.69) is 15.3 Å². The van der Waals surface area contributed by atoms with E-state index >= 15 is 0 Å². The van der Waals surface area contributed by atoms with Crippen molar-refractivity contribution < 1.29 is 4.79 Å². The number of fused-ring (bicyclic) bond motifs is 1. The zero-order valence-corrected chi connectivity index (χ0v) is 12.2. The predicted molar refractivity (Wildman–Crippen MR) is 79.1 cm³/mol. The first-order valence-electron chi connectivity index (χ1n) is 6.74. The zero-order valence-electron chi connectivity index (χ0n) is 12.2. The number of carbonyl (C=O) groups is 1. The standard InChI is InChI=1S/C15H19N3O2/c1-5-10(4)16-14(19)13-15(20)18-12-7-9(3)8(2)6-11(12)17-13/h6-7,10H,5H2,1-4H3,(H,16,19)(H,18,20)/t10-/m1/s1. The van der Waals surface area contributed by atoms with Gasteiger partial charge in [-0.1, -0.05) is 6.92 Å². The number of hydrogen-bond donors (Lipinski definition) is 2.